The van der Waals surface area contributed by atoms with Crippen LogP contribution in [0.1, 0.15) is 32.9 Å². The third-order valence-electron chi connectivity index (χ3n) is 3.85. The first-order chi connectivity index (χ1) is 11.5. The molecule has 0 saturated heterocycles. The third-order valence-corrected chi connectivity index (χ3v) is 3.85. The van der Waals surface area contributed by atoms with Crippen LogP contribution < -0.4 is 5.32 Å². The van der Waals surface area contributed by atoms with Gasteiger partial charge in [0.2, 0.25) is 0 Å². The quantitative estimate of drug-likeness (QED) is 0.800. The lowest BCUT2D eigenvalue weighted by atomic mass is 10.1. The molecule has 5 nitrogen and oxygen atoms in total. The smallest absolute Gasteiger partial charge is 0.278 e. The van der Waals surface area contributed by atoms with E-state index < -0.39 is 0 Å². The lowest BCUT2D eigenvalue weighted by Gasteiger charge is -2.07. The van der Waals surface area contributed by atoms with Crippen molar-refractivity contribution in [1.82, 2.24) is 15.0 Å². The normalized spacial score (nSPS) is 10.6. The molecule has 1 heterocycles. The van der Waals surface area contributed by atoms with Crippen LogP contribution >= 0.6 is 0 Å². The fraction of sp³-hybridized carbons (Fsp3) is 0.211. The number of benzene rings is 2. The van der Waals surface area contributed by atoms with Gasteiger partial charge in [-0.3, -0.25) is 4.79 Å². The largest absolute Gasteiger partial charge is 0.321 e. The van der Waals surface area contributed by atoms with Gasteiger partial charge < -0.3 is 5.32 Å². The molecule has 0 unspecified atom stereocenters. The van der Waals surface area contributed by atoms with Gasteiger partial charge in [-0.25, -0.2) is 4.68 Å². The number of hydrogen-bond donors (Lipinski definition) is 1. The average molecular weight is 320 g/mol. The van der Waals surface area contributed by atoms with Gasteiger partial charge in [-0.15, -0.1) is 5.10 Å². The van der Waals surface area contributed by atoms with E-state index >= 15 is 0 Å². The molecule has 122 valence electrons. The number of nitrogens with one attached hydrogen (secondary N) is 1. The lowest BCUT2D eigenvalue weighted by Crippen LogP contribution is -2.14. The van der Waals surface area contributed by atoms with E-state index in [1.807, 2.05) is 63.2 Å². The zero-order valence-corrected chi connectivity index (χ0v) is 14.1. The summed E-state index contributed by atoms with van der Waals surface area (Å²) in [5, 5.41) is 11.1. The highest BCUT2D eigenvalue weighted by Crippen LogP contribution is 2.16. The molecule has 1 N–H and O–H groups in total. The summed E-state index contributed by atoms with van der Waals surface area (Å²) in [6.07, 6.45) is 0. The topological polar surface area (TPSA) is 59.8 Å². The van der Waals surface area contributed by atoms with Gasteiger partial charge in [0.15, 0.2) is 5.69 Å². The SMILES string of the molecule is Cc1cc(C)cc(NC(=O)c2nnn(Cc3ccccc3)c2C)c1. The first-order valence-electron chi connectivity index (χ1n) is 7.86. The lowest BCUT2D eigenvalue weighted by molar-refractivity contribution is 0.102. The number of rotatable bonds is 4. The molecule has 0 aliphatic carbocycles. The Kier molecular flexibility index (Phi) is 4.42. The highest BCUT2D eigenvalue weighted by Gasteiger charge is 2.17. The number of hydrogen-bond acceptors (Lipinski definition) is 3. The first kappa shape index (κ1) is 15.9. The average Bonchev–Trinajstić information content (AvgIpc) is 2.88. The molecule has 2 aromatic carbocycles. The van der Waals surface area contributed by atoms with Gasteiger partial charge in [0.25, 0.3) is 5.91 Å². The van der Waals surface area contributed by atoms with Gasteiger partial charge in [0.05, 0.1) is 12.2 Å². The van der Waals surface area contributed by atoms with Crippen LogP contribution in [-0.4, -0.2) is 20.9 Å². The van der Waals surface area contributed by atoms with Gasteiger partial charge in [-0.2, -0.15) is 0 Å². The highest BCUT2D eigenvalue weighted by atomic mass is 16.2. The van der Waals surface area contributed by atoms with Crippen LogP contribution in [0.5, 0.6) is 0 Å². The summed E-state index contributed by atoms with van der Waals surface area (Å²) >= 11 is 0. The Morgan fingerprint density at radius 1 is 1.04 bits per heavy atom. The van der Waals surface area contributed by atoms with Crippen LogP contribution in [0.25, 0.3) is 0 Å². The zero-order valence-electron chi connectivity index (χ0n) is 14.1. The molecule has 0 atom stereocenters. The van der Waals surface area contributed by atoms with E-state index in [1.165, 1.54) is 0 Å². The molecule has 0 fully saturated rings. The van der Waals surface area contributed by atoms with Crippen LogP contribution in [0.15, 0.2) is 48.5 Å². The number of anilines is 1. The summed E-state index contributed by atoms with van der Waals surface area (Å²) in [4.78, 5) is 12.5. The summed E-state index contributed by atoms with van der Waals surface area (Å²) in [5.41, 5.74) is 5.21. The van der Waals surface area contributed by atoms with E-state index in [2.05, 4.69) is 21.7 Å². The number of amides is 1. The van der Waals surface area contributed by atoms with E-state index in [-0.39, 0.29) is 5.91 Å². The third kappa shape index (κ3) is 3.51. The molecular weight excluding hydrogens is 300 g/mol. The maximum Gasteiger partial charge on any atom is 0.278 e. The second-order valence-electron chi connectivity index (χ2n) is 6.00. The standard InChI is InChI=1S/C19H20N4O/c1-13-9-14(2)11-17(10-13)20-19(24)18-15(3)23(22-21-18)12-16-7-5-4-6-8-16/h4-11H,12H2,1-3H3,(H,20,24). The number of aryl methyl sites for hydroxylation is 2. The van der Waals surface area contributed by atoms with Gasteiger partial charge in [0.1, 0.15) is 0 Å². The number of carbonyl (C=O) groups is 1. The monoisotopic (exact) mass is 320 g/mol. The molecule has 5 heteroatoms. The van der Waals surface area contributed by atoms with Crippen molar-refractivity contribution >= 4 is 11.6 Å². The summed E-state index contributed by atoms with van der Waals surface area (Å²) in [6.45, 7) is 6.46. The fourth-order valence-electron chi connectivity index (χ4n) is 2.71. The minimum absolute atomic E-state index is 0.239. The highest BCUT2D eigenvalue weighted by molar-refractivity contribution is 6.03. The van der Waals surface area contributed by atoms with Gasteiger partial charge >= 0.3 is 0 Å². The van der Waals surface area contributed by atoms with E-state index in [1.54, 1.807) is 4.68 Å². The molecule has 0 radical (unpaired) electrons. The number of nitrogens with zero attached hydrogens (tertiary/aromatic N) is 3. The first-order valence-corrected chi connectivity index (χ1v) is 7.86. The Labute approximate surface area is 141 Å². The van der Waals surface area contributed by atoms with Crippen molar-refractivity contribution in [2.45, 2.75) is 27.3 Å². The summed E-state index contributed by atoms with van der Waals surface area (Å²) in [7, 11) is 0. The second kappa shape index (κ2) is 6.66. The Balaban J connectivity index is 1.78. The predicted octanol–water partition coefficient (Wildman–Crippen LogP) is 3.50. The van der Waals surface area contributed by atoms with Crippen LogP contribution in [0.3, 0.4) is 0 Å². The minimum atomic E-state index is -0.239. The predicted molar refractivity (Wildman–Crippen MR) is 94.2 cm³/mol. The second-order valence-corrected chi connectivity index (χ2v) is 6.00. The van der Waals surface area contributed by atoms with Gasteiger partial charge in [-0.05, 0) is 49.6 Å². The van der Waals surface area contributed by atoms with Crippen molar-refractivity contribution in [2.75, 3.05) is 5.32 Å². The minimum Gasteiger partial charge on any atom is -0.321 e. The Morgan fingerprint density at radius 2 is 1.71 bits per heavy atom. The molecule has 3 rings (SSSR count). The molecule has 0 bridgehead atoms. The summed E-state index contributed by atoms with van der Waals surface area (Å²) in [6, 6.07) is 15.9. The van der Waals surface area contributed by atoms with Crippen molar-refractivity contribution < 1.29 is 4.79 Å². The van der Waals surface area contributed by atoms with E-state index in [0.717, 1.165) is 28.1 Å². The molecule has 24 heavy (non-hydrogen) atoms. The van der Waals surface area contributed by atoms with Crippen LogP contribution in [0, 0.1) is 20.8 Å². The molecule has 1 aromatic heterocycles. The Hall–Kier alpha value is -2.95. The molecule has 1 amide bonds. The van der Waals surface area contributed by atoms with E-state index in [0.29, 0.717) is 12.2 Å². The van der Waals surface area contributed by atoms with Crippen molar-refractivity contribution in [1.29, 1.82) is 0 Å². The zero-order chi connectivity index (χ0) is 17.1. The molecule has 0 spiro atoms. The van der Waals surface area contributed by atoms with Gasteiger partial charge in [0, 0.05) is 5.69 Å². The van der Waals surface area contributed by atoms with Crippen molar-refractivity contribution in [3.8, 4) is 0 Å². The van der Waals surface area contributed by atoms with Crippen LogP contribution in [-0.2, 0) is 6.54 Å². The number of carbonyl (C=O) groups excluding carboxylic acids is 1. The maximum atomic E-state index is 12.5. The van der Waals surface area contributed by atoms with Crippen LogP contribution in [0.2, 0.25) is 0 Å². The van der Waals surface area contributed by atoms with E-state index in [4.69, 9.17) is 0 Å². The molecule has 3 aromatic rings. The summed E-state index contributed by atoms with van der Waals surface area (Å²) < 4.78 is 1.74. The molecule has 0 aliphatic rings. The Bertz CT molecular complexity index is 848. The van der Waals surface area contributed by atoms with Gasteiger partial charge in [-0.1, -0.05) is 41.6 Å². The van der Waals surface area contributed by atoms with Crippen molar-refractivity contribution in [3.63, 3.8) is 0 Å². The van der Waals surface area contributed by atoms with Crippen molar-refractivity contribution in [3.05, 3.63) is 76.6 Å². The van der Waals surface area contributed by atoms with Crippen LogP contribution in [0.4, 0.5) is 5.69 Å². The number of aromatic nitrogens is 3. The molecular formula is C19H20N4O. The van der Waals surface area contributed by atoms with Crippen molar-refractivity contribution in [2.24, 2.45) is 0 Å². The Morgan fingerprint density at radius 3 is 2.38 bits per heavy atom. The molecule has 0 aliphatic heterocycles. The molecule has 0 saturated carbocycles. The van der Waals surface area contributed by atoms with E-state index in [9.17, 15) is 4.79 Å². The summed E-state index contributed by atoms with van der Waals surface area (Å²) in [5.74, 6) is -0.239. The maximum absolute atomic E-state index is 12.5. The fourth-order valence-corrected chi connectivity index (χ4v) is 2.71.